The van der Waals surface area contributed by atoms with E-state index in [2.05, 4.69) is 26.8 Å². The standard InChI is InChI=1S/C18H16BrFN2O3/c1-12(25-15-9-7-14(20)8-10-15)18(24)22-21-17(23)11-6-13-4-2-3-5-16(13)19/h2-12H,1H3,(H,21,23)(H,22,24)/b11-6+/t12-/m1/s1. The Kier molecular flexibility index (Phi) is 6.71. The Labute approximate surface area is 153 Å². The van der Waals surface area contributed by atoms with E-state index >= 15 is 0 Å². The van der Waals surface area contributed by atoms with Gasteiger partial charge < -0.3 is 4.74 Å². The molecule has 2 N–H and O–H groups in total. The molecule has 0 aliphatic carbocycles. The zero-order chi connectivity index (χ0) is 18.2. The van der Waals surface area contributed by atoms with Gasteiger partial charge in [-0.1, -0.05) is 34.1 Å². The highest BCUT2D eigenvalue weighted by Crippen LogP contribution is 2.17. The Morgan fingerprint density at radius 1 is 1.12 bits per heavy atom. The molecule has 2 aromatic carbocycles. The Morgan fingerprint density at radius 2 is 1.80 bits per heavy atom. The maximum absolute atomic E-state index is 12.8. The molecule has 2 amide bonds. The number of ether oxygens (including phenoxy) is 1. The van der Waals surface area contributed by atoms with Crippen LogP contribution in [0.25, 0.3) is 6.08 Å². The number of carbonyl (C=O) groups is 2. The molecule has 0 aliphatic heterocycles. The molecule has 130 valence electrons. The van der Waals surface area contributed by atoms with Crippen LogP contribution in [0, 0.1) is 5.82 Å². The van der Waals surface area contributed by atoms with Crippen LogP contribution in [0.5, 0.6) is 5.75 Å². The number of rotatable bonds is 5. The molecule has 2 rings (SSSR count). The lowest BCUT2D eigenvalue weighted by atomic mass is 10.2. The molecule has 0 unspecified atom stereocenters. The molecule has 2 aromatic rings. The first-order valence-corrected chi connectivity index (χ1v) is 8.19. The molecule has 5 nitrogen and oxygen atoms in total. The van der Waals surface area contributed by atoms with E-state index in [0.29, 0.717) is 5.75 Å². The zero-order valence-electron chi connectivity index (χ0n) is 13.3. The molecule has 25 heavy (non-hydrogen) atoms. The van der Waals surface area contributed by atoms with Crippen molar-refractivity contribution in [1.29, 1.82) is 0 Å². The fourth-order valence-electron chi connectivity index (χ4n) is 1.81. The van der Waals surface area contributed by atoms with Crippen molar-refractivity contribution >= 4 is 33.8 Å². The van der Waals surface area contributed by atoms with Crippen molar-refractivity contribution < 1.29 is 18.7 Å². The first kappa shape index (κ1) is 18.7. The van der Waals surface area contributed by atoms with Crippen LogP contribution in [0.2, 0.25) is 0 Å². The van der Waals surface area contributed by atoms with Crippen molar-refractivity contribution in [1.82, 2.24) is 10.9 Å². The van der Waals surface area contributed by atoms with Crippen LogP contribution in [0.1, 0.15) is 12.5 Å². The average molecular weight is 407 g/mol. The summed E-state index contributed by atoms with van der Waals surface area (Å²) >= 11 is 3.37. The first-order chi connectivity index (χ1) is 12.0. The molecular formula is C18H16BrFN2O3. The molecule has 0 aliphatic rings. The van der Waals surface area contributed by atoms with Crippen LogP contribution in [-0.4, -0.2) is 17.9 Å². The number of nitrogens with one attached hydrogen (secondary N) is 2. The highest BCUT2D eigenvalue weighted by Gasteiger charge is 2.14. The molecule has 7 heteroatoms. The summed E-state index contributed by atoms with van der Waals surface area (Å²) in [6.07, 6.45) is 2.05. The van der Waals surface area contributed by atoms with Gasteiger partial charge in [0.1, 0.15) is 11.6 Å². The summed E-state index contributed by atoms with van der Waals surface area (Å²) in [5, 5.41) is 0. The normalized spacial score (nSPS) is 11.8. The smallest absolute Gasteiger partial charge is 0.279 e. The quantitative estimate of drug-likeness (QED) is 0.591. The number of hydrogen-bond acceptors (Lipinski definition) is 3. The summed E-state index contributed by atoms with van der Waals surface area (Å²) in [7, 11) is 0. The highest BCUT2D eigenvalue weighted by atomic mass is 79.9. The summed E-state index contributed by atoms with van der Waals surface area (Å²) < 4.78 is 19.0. The predicted octanol–water partition coefficient (Wildman–Crippen LogP) is 3.22. The fourth-order valence-corrected chi connectivity index (χ4v) is 2.23. The maximum Gasteiger partial charge on any atom is 0.279 e. The third-order valence-corrected chi connectivity index (χ3v) is 3.85. The second-order valence-corrected chi connectivity index (χ2v) is 5.90. The lowest BCUT2D eigenvalue weighted by Gasteiger charge is -2.14. The number of carbonyl (C=O) groups excluding carboxylic acids is 2. The lowest BCUT2D eigenvalue weighted by molar-refractivity contribution is -0.131. The minimum absolute atomic E-state index is 0.351. The summed E-state index contributed by atoms with van der Waals surface area (Å²) in [4.78, 5) is 23.6. The monoisotopic (exact) mass is 406 g/mol. The molecule has 1 atom stereocenters. The number of halogens is 2. The first-order valence-electron chi connectivity index (χ1n) is 7.40. The van der Waals surface area contributed by atoms with Gasteiger partial charge in [-0.3, -0.25) is 20.4 Å². The maximum atomic E-state index is 12.8. The van der Waals surface area contributed by atoms with Crippen LogP contribution in [0.15, 0.2) is 59.1 Å². The molecular weight excluding hydrogens is 391 g/mol. The van der Waals surface area contributed by atoms with E-state index in [1.165, 1.54) is 37.3 Å². The number of hydrazine groups is 1. The summed E-state index contributed by atoms with van der Waals surface area (Å²) in [6, 6.07) is 12.7. The molecule has 0 radical (unpaired) electrons. The van der Waals surface area contributed by atoms with Gasteiger partial charge in [0.2, 0.25) is 0 Å². The van der Waals surface area contributed by atoms with Gasteiger partial charge in [0.05, 0.1) is 0 Å². The third kappa shape index (κ3) is 6.04. The van der Waals surface area contributed by atoms with E-state index in [1.807, 2.05) is 24.3 Å². The number of benzene rings is 2. The van der Waals surface area contributed by atoms with Crippen molar-refractivity contribution in [3.05, 3.63) is 70.5 Å². The molecule has 0 fully saturated rings. The zero-order valence-corrected chi connectivity index (χ0v) is 14.9. The van der Waals surface area contributed by atoms with E-state index in [0.717, 1.165) is 10.0 Å². The van der Waals surface area contributed by atoms with Crippen LogP contribution in [0.4, 0.5) is 4.39 Å². The van der Waals surface area contributed by atoms with Crippen LogP contribution in [0.3, 0.4) is 0 Å². The van der Waals surface area contributed by atoms with E-state index in [-0.39, 0.29) is 0 Å². The van der Waals surface area contributed by atoms with E-state index < -0.39 is 23.7 Å². The fraction of sp³-hybridized carbons (Fsp3) is 0.111. The SMILES string of the molecule is C[C@@H](Oc1ccc(F)cc1)C(=O)NNC(=O)/C=C/c1ccccc1Br. The van der Waals surface area contributed by atoms with Gasteiger partial charge in [-0.05, 0) is 48.9 Å². The van der Waals surface area contributed by atoms with Gasteiger partial charge in [0.25, 0.3) is 11.8 Å². The average Bonchev–Trinajstić information content (AvgIpc) is 2.60. The van der Waals surface area contributed by atoms with E-state index in [1.54, 1.807) is 6.08 Å². The van der Waals surface area contributed by atoms with Crippen molar-refractivity contribution in [2.75, 3.05) is 0 Å². The van der Waals surface area contributed by atoms with Crippen LogP contribution < -0.4 is 15.6 Å². The Bertz CT molecular complexity index is 778. The van der Waals surface area contributed by atoms with E-state index in [4.69, 9.17) is 4.74 Å². The van der Waals surface area contributed by atoms with Gasteiger partial charge in [0, 0.05) is 10.5 Å². The van der Waals surface area contributed by atoms with Crippen LogP contribution >= 0.6 is 15.9 Å². The molecule has 0 heterocycles. The van der Waals surface area contributed by atoms with Crippen molar-refractivity contribution in [3.63, 3.8) is 0 Å². The Morgan fingerprint density at radius 3 is 2.48 bits per heavy atom. The van der Waals surface area contributed by atoms with Crippen molar-refractivity contribution in [3.8, 4) is 5.75 Å². The molecule has 0 aromatic heterocycles. The number of amides is 2. The van der Waals surface area contributed by atoms with Crippen molar-refractivity contribution in [2.24, 2.45) is 0 Å². The second kappa shape index (κ2) is 8.98. The van der Waals surface area contributed by atoms with E-state index in [9.17, 15) is 14.0 Å². The highest BCUT2D eigenvalue weighted by molar-refractivity contribution is 9.10. The topological polar surface area (TPSA) is 67.4 Å². The van der Waals surface area contributed by atoms with Crippen LogP contribution in [-0.2, 0) is 9.59 Å². The summed E-state index contributed by atoms with van der Waals surface area (Å²) in [5.74, 6) is -1.07. The Hall–Kier alpha value is -2.67. The van der Waals surface area contributed by atoms with Gasteiger partial charge in [-0.2, -0.15) is 0 Å². The lowest BCUT2D eigenvalue weighted by Crippen LogP contribution is -2.46. The molecule has 0 bridgehead atoms. The van der Waals surface area contributed by atoms with Gasteiger partial charge in [-0.15, -0.1) is 0 Å². The van der Waals surface area contributed by atoms with Gasteiger partial charge >= 0.3 is 0 Å². The van der Waals surface area contributed by atoms with Gasteiger partial charge in [0.15, 0.2) is 6.10 Å². The minimum atomic E-state index is -0.863. The molecule has 0 saturated heterocycles. The molecule has 0 saturated carbocycles. The molecule has 0 spiro atoms. The Balaban J connectivity index is 1.81. The largest absolute Gasteiger partial charge is 0.481 e. The minimum Gasteiger partial charge on any atom is -0.481 e. The van der Waals surface area contributed by atoms with Gasteiger partial charge in [-0.25, -0.2) is 4.39 Å². The third-order valence-electron chi connectivity index (χ3n) is 3.12. The predicted molar refractivity (Wildman–Crippen MR) is 96.0 cm³/mol. The summed E-state index contributed by atoms with van der Waals surface area (Å²) in [5.41, 5.74) is 5.36. The second-order valence-electron chi connectivity index (χ2n) is 5.05. The number of hydrogen-bond donors (Lipinski definition) is 2. The summed E-state index contributed by atoms with van der Waals surface area (Å²) in [6.45, 7) is 1.52. The van der Waals surface area contributed by atoms with Crippen molar-refractivity contribution in [2.45, 2.75) is 13.0 Å².